The van der Waals surface area contributed by atoms with E-state index in [-0.39, 0.29) is 18.4 Å². The Morgan fingerprint density at radius 3 is 2.20 bits per heavy atom. The van der Waals surface area contributed by atoms with Crippen molar-refractivity contribution in [3.8, 4) is 0 Å². The Kier molecular flexibility index (Phi) is 8.96. The van der Waals surface area contributed by atoms with E-state index in [9.17, 15) is 9.59 Å². The van der Waals surface area contributed by atoms with Crippen molar-refractivity contribution in [2.24, 2.45) is 11.8 Å². The molecule has 0 bridgehead atoms. The van der Waals surface area contributed by atoms with E-state index in [4.69, 9.17) is 5.11 Å². The fourth-order valence-electron chi connectivity index (χ4n) is 1.97. The lowest BCUT2D eigenvalue weighted by molar-refractivity contribution is -0.138. The lowest BCUT2D eigenvalue weighted by Gasteiger charge is -2.23. The number of nitrogens with one attached hydrogen (secondary N) is 1. The summed E-state index contributed by atoms with van der Waals surface area (Å²) in [6, 6.07) is -0.147. The van der Waals surface area contributed by atoms with Crippen LogP contribution in [0.2, 0.25) is 0 Å². The summed E-state index contributed by atoms with van der Waals surface area (Å²) in [6.07, 6.45) is 0.897. The highest BCUT2D eigenvalue weighted by atomic mass is 16.4. The Hall–Kier alpha value is -1.30. The zero-order valence-corrected chi connectivity index (χ0v) is 13.3. The molecule has 0 aliphatic carbocycles. The van der Waals surface area contributed by atoms with Crippen LogP contribution in [-0.2, 0) is 4.79 Å². The minimum atomic E-state index is -0.814. The van der Waals surface area contributed by atoms with Gasteiger partial charge in [0, 0.05) is 33.1 Å². The van der Waals surface area contributed by atoms with Crippen molar-refractivity contribution in [1.82, 2.24) is 15.1 Å². The third-order valence-electron chi connectivity index (χ3n) is 3.04. The molecule has 2 N–H and O–H groups in total. The Bertz CT molecular complexity index is 306. The Labute approximate surface area is 122 Å². The molecular formula is C14H29N3O3. The number of carbonyl (C=O) groups excluding carboxylic acids is 1. The summed E-state index contributed by atoms with van der Waals surface area (Å²) in [6.45, 7) is 5.97. The fraction of sp³-hybridized carbons (Fsp3) is 0.857. The fourth-order valence-corrected chi connectivity index (χ4v) is 1.97. The molecule has 2 amide bonds. The van der Waals surface area contributed by atoms with Crippen molar-refractivity contribution in [1.29, 1.82) is 0 Å². The maximum absolute atomic E-state index is 11.9. The van der Waals surface area contributed by atoms with Gasteiger partial charge in [-0.1, -0.05) is 13.8 Å². The van der Waals surface area contributed by atoms with E-state index < -0.39 is 5.97 Å². The second-order valence-corrected chi connectivity index (χ2v) is 6.00. The molecular weight excluding hydrogens is 258 g/mol. The summed E-state index contributed by atoms with van der Waals surface area (Å²) in [5.74, 6) is -0.410. The maximum Gasteiger partial charge on any atom is 0.317 e. The number of nitrogens with zero attached hydrogens (tertiary/aromatic N) is 2. The monoisotopic (exact) mass is 287 g/mol. The predicted octanol–water partition coefficient (Wildman–Crippen LogP) is 1.33. The molecule has 0 aliphatic rings. The summed E-state index contributed by atoms with van der Waals surface area (Å²) in [5, 5.41) is 11.7. The molecule has 118 valence electrons. The first-order valence-electron chi connectivity index (χ1n) is 7.07. The number of carboxylic acids is 1. The van der Waals surface area contributed by atoms with Crippen LogP contribution in [0.4, 0.5) is 4.79 Å². The molecule has 0 rings (SSSR count). The summed E-state index contributed by atoms with van der Waals surface area (Å²) in [5.41, 5.74) is 0. The van der Waals surface area contributed by atoms with Gasteiger partial charge in [-0.2, -0.15) is 0 Å². The van der Waals surface area contributed by atoms with Gasteiger partial charge in [0.25, 0.3) is 0 Å². The average molecular weight is 287 g/mol. The molecule has 0 heterocycles. The first kappa shape index (κ1) is 18.7. The van der Waals surface area contributed by atoms with E-state index >= 15 is 0 Å². The van der Waals surface area contributed by atoms with E-state index in [2.05, 4.69) is 19.2 Å². The van der Waals surface area contributed by atoms with Gasteiger partial charge < -0.3 is 20.2 Å². The van der Waals surface area contributed by atoms with Crippen LogP contribution in [0.25, 0.3) is 0 Å². The van der Waals surface area contributed by atoms with Gasteiger partial charge in [-0.15, -0.1) is 0 Å². The van der Waals surface area contributed by atoms with Crippen LogP contribution >= 0.6 is 0 Å². The lowest BCUT2D eigenvalue weighted by Crippen LogP contribution is -2.42. The SMILES string of the molecule is CC(C)C[C@H](CNC(=O)N(C)CCN(C)C)CC(=O)O. The molecule has 0 unspecified atom stereocenters. The Morgan fingerprint density at radius 2 is 1.75 bits per heavy atom. The first-order valence-corrected chi connectivity index (χ1v) is 7.07. The molecule has 0 aromatic heterocycles. The summed E-state index contributed by atoms with van der Waals surface area (Å²) >= 11 is 0. The standard InChI is InChI=1S/C14H29N3O3/c1-11(2)8-12(9-13(18)19)10-15-14(20)17(5)7-6-16(3)4/h11-12H,6-10H2,1-5H3,(H,15,20)(H,18,19)/t12-/m0/s1. The van der Waals surface area contributed by atoms with Gasteiger partial charge >= 0.3 is 12.0 Å². The van der Waals surface area contributed by atoms with Gasteiger partial charge in [0.1, 0.15) is 0 Å². The van der Waals surface area contributed by atoms with Crippen LogP contribution in [0.1, 0.15) is 26.7 Å². The van der Waals surface area contributed by atoms with Crippen LogP contribution in [0, 0.1) is 11.8 Å². The van der Waals surface area contributed by atoms with Gasteiger partial charge in [0.2, 0.25) is 0 Å². The van der Waals surface area contributed by atoms with Crippen molar-refractivity contribution >= 4 is 12.0 Å². The molecule has 20 heavy (non-hydrogen) atoms. The molecule has 0 aromatic rings. The summed E-state index contributed by atoms with van der Waals surface area (Å²) in [7, 11) is 5.65. The van der Waals surface area contributed by atoms with Gasteiger partial charge in [-0.3, -0.25) is 4.79 Å². The molecule has 0 saturated carbocycles. The molecule has 0 spiro atoms. The smallest absolute Gasteiger partial charge is 0.317 e. The molecule has 0 radical (unpaired) electrons. The number of carboxylic acid groups (broad SMARTS) is 1. The van der Waals surface area contributed by atoms with E-state index in [1.54, 1.807) is 11.9 Å². The third kappa shape index (κ3) is 9.61. The quantitative estimate of drug-likeness (QED) is 0.671. The predicted molar refractivity (Wildman–Crippen MR) is 79.8 cm³/mol. The Balaban J connectivity index is 4.17. The van der Waals surface area contributed by atoms with Crippen molar-refractivity contribution in [3.63, 3.8) is 0 Å². The normalized spacial score (nSPS) is 12.6. The molecule has 0 aliphatic heterocycles. The van der Waals surface area contributed by atoms with E-state index in [0.717, 1.165) is 13.0 Å². The van der Waals surface area contributed by atoms with Crippen LogP contribution in [0.3, 0.4) is 0 Å². The zero-order chi connectivity index (χ0) is 15.7. The van der Waals surface area contributed by atoms with Crippen molar-refractivity contribution < 1.29 is 14.7 Å². The van der Waals surface area contributed by atoms with Crippen molar-refractivity contribution in [3.05, 3.63) is 0 Å². The largest absolute Gasteiger partial charge is 0.481 e. The average Bonchev–Trinajstić information content (AvgIpc) is 2.31. The van der Waals surface area contributed by atoms with E-state index in [1.165, 1.54) is 0 Å². The number of likely N-dealkylation sites (N-methyl/N-ethyl adjacent to an activating group) is 2. The molecule has 6 nitrogen and oxygen atoms in total. The topological polar surface area (TPSA) is 72.9 Å². The number of aliphatic carboxylic acids is 1. The number of carbonyl (C=O) groups is 2. The van der Waals surface area contributed by atoms with Gasteiger partial charge in [0.05, 0.1) is 0 Å². The van der Waals surface area contributed by atoms with E-state index in [1.807, 2.05) is 19.0 Å². The molecule has 1 atom stereocenters. The highest BCUT2D eigenvalue weighted by Gasteiger charge is 2.17. The number of hydrogen-bond acceptors (Lipinski definition) is 3. The van der Waals surface area contributed by atoms with Crippen LogP contribution in [0.5, 0.6) is 0 Å². The summed E-state index contributed by atoms with van der Waals surface area (Å²) in [4.78, 5) is 26.3. The molecule has 0 saturated heterocycles. The maximum atomic E-state index is 11.9. The van der Waals surface area contributed by atoms with E-state index in [0.29, 0.717) is 19.0 Å². The highest BCUT2D eigenvalue weighted by Crippen LogP contribution is 2.14. The van der Waals surface area contributed by atoms with Crippen molar-refractivity contribution in [2.75, 3.05) is 40.8 Å². The molecule has 0 aromatic carbocycles. The number of rotatable bonds is 9. The lowest BCUT2D eigenvalue weighted by atomic mass is 9.94. The van der Waals surface area contributed by atoms with Gasteiger partial charge in [-0.05, 0) is 32.4 Å². The minimum Gasteiger partial charge on any atom is -0.481 e. The molecule has 6 heteroatoms. The second-order valence-electron chi connectivity index (χ2n) is 6.00. The second kappa shape index (κ2) is 9.58. The minimum absolute atomic E-state index is 0.0151. The highest BCUT2D eigenvalue weighted by molar-refractivity contribution is 5.74. The van der Waals surface area contributed by atoms with Crippen LogP contribution in [-0.4, -0.2) is 67.7 Å². The number of hydrogen-bond donors (Lipinski definition) is 2. The first-order chi connectivity index (χ1) is 9.22. The number of urea groups is 1. The summed E-state index contributed by atoms with van der Waals surface area (Å²) < 4.78 is 0. The zero-order valence-electron chi connectivity index (χ0n) is 13.3. The van der Waals surface area contributed by atoms with Gasteiger partial charge in [-0.25, -0.2) is 4.79 Å². The number of amides is 2. The third-order valence-corrected chi connectivity index (χ3v) is 3.04. The van der Waals surface area contributed by atoms with Gasteiger partial charge in [0.15, 0.2) is 0 Å². The molecule has 0 fully saturated rings. The van der Waals surface area contributed by atoms with Crippen LogP contribution < -0.4 is 5.32 Å². The van der Waals surface area contributed by atoms with Crippen LogP contribution in [0.15, 0.2) is 0 Å². The van der Waals surface area contributed by atoms with Crippen molar-refractivity contribution in [2.45, 2.75) is 26.7 Å². The Morgan fingerprint density at radius 1 is 1.15 bits per heavy atom.